The second kappa shape index (κ2) is 9.72. The van der Waals surface area contributed by atoms with Crippen molar-refractivity contribution in [1.82, 2.24) is 9.97 Å². The molecule has 0 atom stereocenters. The van der Waals surface area contributed by atoms with Crippen molar-refractivity contribution in [2.75, 3.05) is 48.9 Å². The Labute approximate surface area is 154 Å². The van der Waals surface area contributed by atoms with Crippen LogP contribution in [0, 0.1) is 6.92 Å². The van der Waals surface area contributed by atoms with Crippen LogP contribution in [0.15, 0.2) is 30.6 Å². The summed E-state index contributed by atoms with van der Waals surface area (Å²) in [6.45, 7) is 9.34. The normalized spacial score (nSPS) is 10.5. The number of carbonyl (C=O) groups excluding carboxylic acids is 1. The van der Waals surface area contributed by atoms with Crippen LogP contribution >= 0.6 is 0 Å². The SMILES string of the molecule is CCN(CC)c1ccc(NC(=O)c2cnc(NCCOC)cn2)c(C)c1. The lowest BCUT2D eigenvalue weighted by molar-refractivity contribution is 0.102. The van der Waals surface area contributed by atoms with E-state index in [0.717, 1.165) is 30.0 Å². The zero-order valence-corrected chi connectivity index (χ0v) is 15.9. The van der Waals surface area contributed by atoms with E-state index in [1.807, 2.05) is 19.1 Å². The molecule has 2 rings (SSSR count). The van der Waals surface area contributed by atoms with Gasteiger partial charge in [-0.2, -0.15) is 0 Å². The highest BCUT2D eigenvalue weighted by atomic mass is 16.5. The third-order valence-electron chi connectivity index (χ3n) is 4.08. The Hall–Kier alpha value is -2.67. The molecule has 1 aromatic heterocycles. The van der Waals surface area contributed by atoms with Gasteiger partial charge in [0.25, 0.3) is 5.91 Å². The number of aryl methyl sites for hydroxylation is 1. The van der Waals surface area contributed by atoms with Crippen LogP contribution in [0.3, 0.4) is 0 Å². The van der Waals surface area contributed by atoms with Crippen molar-refractivity contribution in [3.05, 3.63) is 41.9 Å². The van der Waals surface area contributed by atoms with Gasteiger partial charge in [0.1, 0.15) is 11.5 Å². The minimum atomic E-state index is -0.278. The summed E-state index contributed by atoms with van der Waals surface area (Å²) in [7, 11) is 1.64. The highest BCUT2D eigenvalue weighted by Gasteiger charge is 2.11. The zero-order chi connectivity index (χ0) is 18.9. The molecule has 140 valence electrons. The van der Waals surface area contributed by atoms with Crippen LogP contribution in [0.2, 0.25) is 0 Å². The summed E-state index contributed by atoms with van der Waals surface area (Å²) >= 11 is 0. The first kappa shape index (κ1) is 19.7. The molecule has 0 saturated heterocycles. The quantitative estimate of drug-likeness (QED) is 0.672. The van der Waals surface area contributed by atoms with Crippen LogP contribution in [0.5, 0.6) is 0 Å². The first-order valence-corrected chi connectivity index (χ1v) is 8.80. The van der Waals surface area contributed by atoms with Gasteiger partial charge in [-0.1, -0.05) is 0 Å². The fourth-order valence-corrected chi connectivity index (χ4v) is 2.58. The molecule has 1 aromatic carbocycles. The second-order valence-corrected chi connectivity index (χ2v) is 5.83. The summed E-state index contributed by atoms with van der Waals surface area (Å²) in [5.74, 6) is 0.331. The molecule has 1 amide bonds. The number of aromatic nitrogens is 2. The Balaban J connectivity index is 2.03. The topological polar surface area (TPSA) is 79.4 Å². The van der Waals surface area contributed by atoms with Gasteiger partial charge in [0.05, 0.1) is 19.0 Å². The molecular formula is C19H27N5O2. The molecule has 0 aliphatic carbocycles. The van der Waals surface area contributed by atoms with Crippen molar-refractivity contribution in [1.29, 1.82) is 0 Å². The molecule has 7 nitrogen and oxygen atoms in total. The van der Waals surface area contributed by atoms with E-state index in [0.29, 0.717) is 19.0 Å². The highest BCUT2D eigenvalue weighted by Crippen LogP contribution is 2.23. The average molecular weight is 357 g/mol. The molecule has 0 spiro atoms. The van der Waals surface area contributed by atoms with Crippen LogP contribution in [0.1, 0.15) is 29.9 Å². The Morgan fingerprint density at radius 2 is 1.96 bits per heavy atom. The van der Waals surface area contributed by atoms with E-state index in [2.05, 4.69) is 45.4 Å². The molecule has 0 saturated carbocycles. The fraction of sp³-hybridized carbons (Fsp3) is 0.421. The summed E-state index contributed by atoms with van der Waals surface area (Å²) in [6, 6.07) is 6.02. The van der Waals surface area contributed by atoms with Gasteiger partial charge in [-0.25, -0.2) is 9.97 Å². The lowest BCUT2D eigenvalue weighted by atomic mass is 10.1. The van der Waals surface area contributed by atoms with Gasteiger partial charge in [0, 0.05) is 38.1 Å². The van der Waals surface area contributed by atoms with Gasteiger partial charge in [-0.3, -0.25) is 4.79 Å². The van der Waals surface area contributed by atoms with Gasteiger partial charge < -0.3 is 20.3 Å². The third kappa shape index (κ3) is 5.16. The first-order valence-electron chi connectivity index (χ1n) is 8.80. The Kier molecular flexibility index (Phi) is 7.35. The molecule has 0 aliphatic heterocycles. The second-order valence-electron chi connectivity index (χ2n) is 5.83. The monoisotopic (exact) mass is 357 g/mol. The van der Waals surface area contributed by atoms with Crippen molar-refractivity contribution < 1.29 is 9.53 Å². The number of ether oxygens (including phenoxy) is 1. The molecular weight excluding hydrogens is 330 g/mol. The van der Waals surface area contributed by atoms with Gasteiger partial charge >= 0.3 is 0 Å². The minimum absolute atomic E-state index is 0.273. The van der Waals surface area contributed by atoms with Crippen LogP contribution in [-0.4, -0.2) is 49.2 Å². The lowest BCUT2D eigenvalue weighted by Gasteiger charge is -2.22. The van der Waals surface area contributed by atoms with Crippen molar-refractivity contribution in [3.63, 3.8) is 0 Å². The van der Waals surface area contributed by atoms with E-state index in [-0.39, 0.29) is 11.6 Å². The molecule has 2 N–H and O–H groups in total. The number of benzene rings is 1. The summed E-state index contributed by atoms with van der Waals surface area (Å²) in [5.41, 5.74) is 3.20. The molecule has 0 radical (unpaired) electrons. The Morgan fingerprint density at radius 3 is 2.54 bits per heavy atom. The van der Waals surface area contributed by atoms with Gasteiger partial charge in [0.15, 0.2) is 0 Å². The number of nitrogens with zero attached hydrogens (tertiary/aromatic N) is 3. The van der Waals surface area contributed by atoms with Crippen LogP contribution in [0.25, 0.3) is 0 Å². The number of anilines is 3. The number of nitrogens with one attached hydrogen (secondary N) is 2. The maximum Gasteiger partial charge on any atom is 0.275 e. The molecule has 0 fully saturated rings. The highest BCUT2D eigenvalue weighted by molar-refractivity contribution is 6.03. The van der Waals surface area contributed by atoms with E-state index in [4.69, 9.17) is 4.74 Å². The smallest absolute Gasteiger partial charge is 0.275 e. The number of methoxy groups -OCH3 is 1. The lowest BCUT2D eigenvalue weighted by Crippen LogP contribution is -2.22. The molecule has 1 heterocycles. The summed E-state index contributed by atoms with van der Waals surface area (Å²) in [6.07, 6.45) is 3.00. The Morgan fingerprint density at radius 1 is 1.19 bits per heavy atom. The first-order chi connectivity index (χ1) is 12.6. The molecule has 7 heteroatoms. The predicted molar refractivity (Wildman–Crippen MR) is 105 cm³/mol. The molecule has 0 aliphatic rings. The number of hydrogen-bond acceptors (Lipinski definition) is 6. The average Bonchev–Trinajstić information content (AvgIpc) is 2.65. The Bertz CT molecular complexity index is 714. The summed E-state index contributed by atoms with van der Waals surface area (Å²) in [5, 5.41) is 5.96. The van der Waals surface area contributed by atoms with E-state index in [9.17, 15) is 4.79 Å². The standard InChI is InChI=1S/C19H27N5O2/c1-5-24(6-2)15-7-8-16(14(3)11-15)23-19(25)17-12-22-18(13-21-17)20-9-10-26-4/h7-8,11-13H,5-6,9-10H2,1-4H3,(H,20,22)(H,23,25). The largest absolute Gasteiger partial charge is 0.383 e. The molecule has 0 unspecified atom stereocenters. The number of hydrogen-bond donors (Lipinski definition) is 2. The van der Waals surface area contributed by atoms with Crippen LogP contribution in [0.4, 0.5) is 17.2 Å². The van der Waals surface area contributed by atoms with Crippen molar-refractivity contribution in [2.24, 2.45) is 0 Å². The van der Waals surface area contributed by atoms with E-state index >= 15 is 0 Å². The fourth-order valence-electron chi connectivity index (χ4n) is 2.58. The summed E-state index contributed by atoms with van der Waals surface area (Å²) < 4.78 is 4.96. The van der Waals surface area contributed by atoms with Crippen molar-refractivity contribution in [3.8, 4) is 0 Å². The predicted octanol–water partition coefficient (Wildman–Crippen LogP) is 2.94. The summed E-state index contributed by atoms with van der Waals surface area (Å²) in [4.78, 5) is 23.0. The molecule has 0 bridgehead atoms. The maximum absolute atomic E-state index is 12.4. The minimum Gasteiger partial charge on any atom is -0.383 e. The van der Waals surface area contributed by atoms with Crippen molar-refractivity contribution in [2.45, 2.75) is 20.8 Å². The third-order valence-corrected chi connectivity index (χ3v) is 4.08. The number of carbonyl (C=O) groups is 1. The van der Waals surface area contributed by atoms with Gasteiger partial charge in [-0.05, 0) is 44.5 Å². The van der Waals surface area contributed by atoms with E-state index in [1.54, 1.807) is 13.3 Å². The van der Waals surface area contributed by atoms with Crippen molar-refractivity contribution >= 4 is 23.1 Å². The van der Waals surface area contributed by atoms with E-state index < -0.39 is 0 Å². The van der Waals surface area contributed by atoms with Gasteiger partial charge in [-0.15, -0.1) is 0 Å². The number of rotatable bonds is 9. The molecule has 26 heavy (non-hydrogen) atoms. The van der Waals surface area contributed by atoms with E-state index in [1.165, 1.54) is 6.20 Å². The van der Waals surface area contributed by atoms with Crippen LogP contribution < -0.4 is 15.5 Å². The maximum atomic E-state index is 12.4. The zero-order valence-electron chi connectivity index (χ0n) is 15.9. The van der Waals surface area contributed by atoms with Gasteiger partial charge in [0.2, 0.25) is 0 Å². The molecule has 2 aromatic rings. The van der Waals surface area contributed by atoms with Crippen LogP contribution in [-0.2, 0) is 4.74 Å². The number of amides is 1.